The van der Waals surface area contributed by atoms with Crippen LogP contribution in [0.1, 0.15) is 122 Å². The number of halogens is 8. The van der Waals surface area contributed by atoms with Gasteiger partial charge in [0.05, 0.1) is 18.1 Å². The second-order valence-electron chi connectivity index (χ2n) is 24.9. The number of benzene rings is 10. The average molecular weight is 1600 g/mol. The summed E-state index contributed by atoms with van der Waals surface area (Å²) in [5.74, 6) is 0. The van der Waals surface area contributed by atoms with E-state index in [0.717, 1.165) is 114 Å². The zero-order chi connectivity index (χ0) is 81.7. The molecule has 546 valence electrons. The number of alkyl halides is 5. The largest absolute Gasteiger partial charge is 0.382 e. The van der Waals surface area contributed by atoms with Crippen molar-refractivity contribution in [1.29, 1.82) is 0 Å². The van der Waals surface area contributed by atoms with Gasteiger partial charge in [0.25, 0.3) is 3.25 Å². The van der Waals surface area contributed by atoms with Crippen molar-refractivity contribution in [2.24, 2.45) is 0 Å². The fourth-order valence-corrected chi connectivity index (χ4v) is 12.8. The van der Waals surface area contributed by atoms with Crippen LogP contribution in [0.3, 0.4) is 0 Å². The van der Waals surface area contributed by atoms with E-state index in [2.05, 4.69) is 151 Å². The van der Waals surface area contributed by atoms with Gasteiger partial charge < -0.3 is 10.1 Å². The van der Waals surface area contributed by atoms with Gasteiger partial charge in [-0.15, -0.1) is 0 Å². The predicted octanol–water partition coefficient (Wildman–Crippen LogP) is 23.2. The maximum absolute atomic E-state index is 8.74. The number of nitrogens with one attached hydrogen (secondary N) is 1. The van der Waals surface area contributed by atoms with Crippen molar-refractivity contribution in [3.63, 3.8) is 0 Å². The molecular weight excluding hydrogens is 1490 g/mol. The molecule has 10 aromatic carbocycles. The van der Waals surface area contributed by atoms with E-state index in [9.17, 15) is 0 Å². The molecule has 1 N–H and O–H groups in total. The summed E-state index contributed by atoms with van der Waals surface area (Å²) in [6.07, 6.45) is 0. The van der Waals surface area contributed by atoms with Gasteiger partial charge in [0.1, 0.15) is 0 Å². The normalized spacial score (nSPS) is 17.0. The third-order valence-electron chi connectivity index (χ3n) is 16.9. The Labute approximate surface area is 672 Å². The molecule has 0 saturated carbocycles. The Balaban J connectivity index is 0.000000197. The predicted molar refractivity (Wildman–Crippen MR) is 448 cm³/mol. The fourth-order valence-electron chi connectivity index (χ4n) is 12.2. The Hall–Kier alpha value is -5.57. The van der Waals surface area contributed by atoms with Gasteiger partial charge in [-0.3, -0.25) is 24.5 Å². The Kier molecular flexibility index (Phi) is 32.4. The fraction of sp³-hybridized carbons (Fsp3) is 0.318. The van der Waals surface area contributed by atoms with Crippen LogP contribution in [0.2, 0.25) is 15.1 Å². The number of nitrogens with zero attached hydrogens (tertiary/aromatic N) is 5. The number of ether oxygens (including phenoxy) is 1. The molecule has 0 bridgehead atoms. The topological polar surface area (TPSA) is 37.5 Å². The standard InChI is InChI=1S/2C25H27ClN2.C17H19ClN2.C8H9Br.C8H10.C4H10O.CCl4/c2*1-20-6-5-7-21(18-20)19-27-14-16-28(17-15-27)25(22-8-3-2-4-9-22)23-10-12-24(26)13-11-23;18-16-8-6-15(7-9-16)17(14-4-2-1-3-5-14)20-12-10-19-11-13-20;1-7-3-2-4-8(5-7)6-9;1-7-4-3-5-8(2)6-7;1-3-5-4-2;2-1(3,4)5/h2*2-13,18,25H,14-17,19H2,1H3;1-9,17,19H,10-13H2;2-5H,6H2,1H3;3-6H,1-2H3;3-4H2,1-2H3;/i2*19D2;;6D2;1D3;;. The monoisotopic (exact) mass is 1590 g/mol. The Morgan fingerprint density at radius 1 is 0.379 bits per heavy atom. The number of rotatable bonds is 16. The summed E-state index contributed by atoms with van der Waals surface area (Å²) in [4.78, 5) is 11.3. The highest BCUT2D eigenvalue weighted by Gasteiger charge is 2.29. The van der Waals surface area contributed by atoms with Crippen LogP contribution in [-0.4, -0.2) is 120 Å². The zero-order valence-electron chi connectivity index (χ0n) is 68.6. The molecule has 7 nitrogen and oxygen atoms in total. The first-order valence-electron chi connectivity index (χ1n) is 39.3. The minimum Gasteiger partial charge on any atom is -0.382 e. The molecule has 3 fully saturated rings. The van der Waals surface area contributed by atoms with Crippen molar-refractivity contribution < 1.29 is 17.1 Å². The minimum atomic E-state index is -1.97. The van der Waals surface area contributed by atoms with Gasteiger partial charge in [-0.05, 0) is 135 Å². The van der Waals surface area contributed by atoms with Crippen LogP contribution in [0.4, 0.5) is 0 Å². The zero-order valence-corrected chi connectivity index (χ0v) is 66.5. The molecular formula is C88H102BrCl7N6O. The first kappa shape index (κ1) is 71.7. The van der Waals surface area contributed by atoms with Gasteiger partial charge >= 0.3 is 0 Å². The van der Waals surface area contributed by atoms with E-state index in [0.29, 0.717) is 43.3 Å². The van der Waals surface area contributed by atoms with Crippen LogP contribution in [0.25, 0.3) is 0 Å². The van der Waals surface area contributed by atoms with Crippen molar-refractivity contribution in [1.82, 2.24) is 29.8 Å². The van der Waals surface area contributed by atoms with Crippen molar-refractivity contribution >= 4 is 97.1 Å². The van der Waals surface area contributed by atoms with Crippen LogP contribution in [-0.2, 0) is 23.0 Å². The summed E-state index contributed by atoms with van der Waals surface area (Å²) in [5.41, 5.74) is 14.3. The van der Waals surface area contributed by atoms with Crippen LogP contribution in [0.5, 0.6) is 0 Å². The molecule has 0 amide bonds. The number of aryl methyl sites for hydroxylation is 5. The lowest BCUT2D eigenvalue weighted by atomic mass is 9.96. The highest BCUT2D eigenvalue weighted by Crippen LogP contribution is 2.34. The van der Waals surface area contributed by atoms with Crippen LogP contribution in [0.15, 0.2) is 261 Å². The molecule has 13 rings (SSSR count). The van der Waals surface area contributed by atoms with E-state index in [1.807, 2.05) is 173 Å². The smallest absolute Gasteiger partial charge is 0.266 e. The first-order valence-corrected chi connectivity index (χ1v) is 38.2. The molecule has 3 saturated heterocycles. The summed E-state index contributed by atoms with van der Waals surface area (Å²) in [7, 11) is 0. The van der Waals surface area contributed by atoms with Crippen LogP contribution >= 0.6 is 97.1 Å². The van der Waals surface area contributed by atoms with Crippen molar-refractivity contribution in [3.05, 3.63) is 354 Å². The molecule has 3 unspecified atom stereocenters. The lowest BCUT2D eigenvalue weighted by Crippen LogP contribution is -2.47. The molecule has 103 heavy (non-hydrogen) atoms. The van der Waals surface area contributed by atoms with Crippen LogP contribution in [0, 0.1) is 34.5 Å². The molecule has 3 heterocycles. The average Bonchev–Trinajstić information content (AvgIpc) is 0.791. The highest BCUT2D eigenvalue weighted by molar-refractivity contribution is 9.08. The van der Waals surface area contributed by atoms with Gasteiger partial charge in [0, 0.05) is 137 Å². The SMILES string of the molecule is CCOCC.ClC(Cl)(Cl)Cl.Clc1ccc(C(c2ccccc2)N2CCNCC2)cc1.[2H]C([2H])(Br)c1cccc(C)c1.[2H]C([2H])([2H])c1cccc(C)c1.[2H]C([2H])(c1cccc(C)c1)N1CCN(C(c2ccccc2)c2ccc(Cl)cc2)CC1.[2H]C([2H])(c1cccc(C)c1)N1CCN(C(c2ccccc2)c2ccc(Cl)cc2)CC1. The number of hydrogen-bond donors (Lipinski definition) is 1. The quantitative estimate of drug-likeness (QED) is 0.0966. The van der Waals surface area contributed by atoms with Gasteiger partial charge in [-0.25, -0.2) is 0 Å². The van der Waals surface area contributed by atoms with Crippen molar-refractivity contribution in [2.45, 2.75) is 88.0 Å². The molecule has 0 spiro atoms. The third kappa shape index (κ3) is 31.8. The van der Waals surface area contributed by atoms with E-state index in [1.165, 1.54) is 33.4 Å². The minimum absolute atomic E-state index is 0.135. The Bertz CT molecular complexity index is 4120. The third-order valence-corrected chi connectivity index (χ3v) is 18.2. The maximum Gasteiger partial charge on any atom is 0.266 e. The number of hydrogen-bond acceptors (Lipinski definition) is 7. The van der Waals surface area contributed by atoms with E-state index in [-0.39, 0.29) is 12.1 Å². The number of piperazine rings is 3. The second kappa shape index (κ2) is 46.5. The first-order chi connectivity index (χ1) is 53.2. The van der Waals surface area contributed by atoms with E-state index >= 15 is 0 Å². The molecule has 15 heteroatoms. The van der Waals surface area contributed by atoms with Gasteiger partial charge in [-0.2, -0.15) is 0 Å². The summed E-state index contributed by atoms with van der Waals surface area (Å²) >= 11 is 40.5. The maximum atomic E-state index is 8.74. The van der Waals surface area contributed by atoms with Gasteiger partial charge in [0.2, 0.25) is 0 Å². The Morgan fingerprint density at radius 2 is 0.660 bits per heavy atom. The molecule has 3 aliphatic heterocycles. The van der Waals surface area contributed by atoms with E-state index in [4.69, 9.17) is 98.3 Å². The molecule has 3 atom stereocenters. The van der Waals surface area contributed by atoms with Crippen molar-refractivity contribution in [3.8, 4) is 0 Å². The lowest BCUT2D eigenvalue weighted by molar-refractivity contribution is 0.105. The summed E-state index contributed by atoms with van der Waals surface area (Å²) in [5, 5.41) is 4.28. The van der Waals surface area contributed by atoms with E-state index < -0.39 is 28.4 Å². The lowest BCUT2D eigenvalue weighted by Gasteiger charge is -2.40. The summed E-state index contributed by atoms with van der Waals surface area (Å²) in [6.45, 7) is 18.8. The van der Waals surface area contributed by atoms with E-state index in [1.54, 1.807) is 24.3 Å². The molecule has 0 aromatic heterocycles. The summed E-state index contributed by atoms with van der Waals surface area (Å²) < 4.78 is 74.2. The van der Waals surface area contributed by atoms with Gasteiger partial charge in [0.15, 0.2) is 0 Å². The van der Waals surface area contributed by atoms with Crippen LogP contribution < -0.4 is 5.32 Å². The molecule has 3 aliphatic rings. The van der Waals surface area contributed by atoms with Crippen molar-refractivity contribution in [2.75, 3.05) is 91.8 Å². The molecule has 0 aliphatic carbocycles. The second-order valence-corrected chi connectivity index (χ2v) is 30.1. The Morgan fingerprint density at radius 3 is 0.932 bits per heavy atom. The summed E-state index contributed by atoms with van der Waals surface area (Å²) in [6, 6.07) is 86.6. The van der Waals surface area contributed by atoms with Gasteiger partial charge in [-0.1, -0.05) is 349 Å². The molecule has 10 aromatic rings. The molecule has 0 radical (unpaired) electrons. The highest BCUT2D eigenvalue weighted by atomic mass is 79.9.